The number of carbonyl (C=O) groups excluding carboxylic acids is 1. The Hall–Kier alpha value is -0.570. The molecule has 0 aromatic carbocycles. The summed E-state index contributed by atoms with van der Waals surface area (Å²) in [5.41, 5.74) is 0. The van der Waals surface area contributed by atoms with Crippen LogP contribution < -0.4 is 0 Å². The van der Waals surface area contributed by atoms with Crippen molar-refractivity contribution < 1.29 is 14.3 Å². The number of ether oxygens (including phenoxy) is 2. The van der Waals surface area contributed by atoms with Gasteiger partial charge in [-0.3, -0.25) is 4.79 Å². The third-order valence-corrected chi connectivity index (χ3v) is 3.83. The van der Waals surface area contributed by atoms with Gasteiger partial charge in [-0.2, -0.15) is 0 Å². The van der Waals surface area contributed by atoms with Crippen LogP contribution in [0.4, 0.5) is 0 Å². The highest BCUT2D eigenvalue weighted by Gasteiger charge is 2.43. The highest BCUT2D eigenvalue weighted by molar-refractivity contribution is 5.69. The molecule has 3 heteroatoms. The second kappa shape index (κ2) is 6.39. The smallest absolute Gasteiger partial charge is 0.305 e. The molecule has 1 saturated heterocycles. The van der Waals surface area contributed by atoms with Crippen LogP contribution in [-0.2, 0) is 14.3 Å². The van der Waals surface area contributed by atoms with Crippen molar-refractivity contribution in [2.75, 3.05) is 6.61 Å². The number of epoxide rings is 1. The number of fused-ring (bicyclic) bond motifs is 1. The average Bonchev–Trinajstić information content (AvgIpc) is 3.10. The second-order valence-electron chi connectivity index (χ2n) is 5.39. The minimum absolute atomic E-state index is 0.0139. The van der Waals surface area contributed by atoms with E-state index in [4.69, 9.17) is 9.47 Å². The molecule has 1 saturated carbocycles. The summed E-state index contributed by atoms with van der Waals surface area (Å²) in [5.74, 6) is 0.526. The molecule has 1 aliphatic carbocycles. The fourth-order valence-corrected chi connectivity index (χ4v) is 2.62. The monoisotopic (exact) mass is 240 g/mol. The molecular weight excluding hydrogens is 216 g/mol. The molecule has 2 rings (SSSR count). The van der Waals surface area contributed by atoms with Crippen molar-refractivity contribution in [3.8, 4) is 0 Å². The first-order valence-electron chi connectivity index (χ1n) is 7.10. The van der Waals surface area contributed by atoms with Crippen molar-refractivity contribution >= 4 is 5.97 Å². The molecule has 3 unspecified atom stereocenters. The Balaban J connectivity index is 1.50. The minimum Gasteiger partial charge on any atom is -0.465 e. The van der Waals surface area contributed by atoms with Crippen molar-refractivity contribution in [3.63, 3.8) is 0 Å². The van der Waals surface area contributed by atoms with E-state index in [0.29, 0.717) is 31.2 Å². The molecule has 2 fully saturated rings. The van der Waals surface area contributed by atoms with Crippen LogP contribution in [0.15, 0.2) is 0 Å². The van der Waals surface area contributed by atoms with Gasteiger partial charge in [0, 0.05) is 6.42 Å². The molecular formula is C14H24O3. The topological polar surface area (TPSA) is 38.8 Å². The highest BCUT2D eigenvalue weighted by Crippen LogP contribution is 2.39. The highest BCUT2D eigenvalue weighted by atomic mass is 16.6. The van der Waals surface area contributed by atoms with E-state index in [-0.39, 0.29) is 5.97 Å². The standard InChI is InChI=1S/C14H24O3/c1-2-3-4-5-6-14(15)16-10-11-7-8-12-13(9-11)17-12/h11-13H,2-10H2,1H3. The van der Waals surface area contributed by atoms with Gasteiger partial charge in [0.2, 0.25) is 0 Å². The second-order valence-corrected chi connectivity index (χ2v) is 5.39. The molecule has 0 aromatic heterocycles. The van der Waals surface area contributed by atoms with Crippen LogP contribution in [0.5, 0.6) is 0 Å². The van der Waals surface area contributed by atoms with Gasteiger partial charge >= 0.3 is 5.97 Å². The molecule has 0 N–H and O–H groups in total. The minimum atomic E-state index is -0.0139. The Morgan fingerprint density at radius 3 is 2.88 bits per heavy atom. The van der Waals surface area contributed by atoms with E-state index in [1.807, 2.05) is 0 Å². The Kier molecular flexibility index (Phi) is 4.84. The van der Waals surface area contributed by atoms with E-state index in [2.05, 4.69) is 6.92 Å². The molecule has 3 atom stereocenters. The molecule has 2 aliphatic rings. The largest absolute Gasteiger partial charge is 0.465 e. The van der Waals surface area contributed by atoms with Crippen LogP contribution in [-0.4, -0.2) is 24.8 Å². The number of hydrogen-bond donors (Lipinski definition) is 0. The van der Waals surface area contributed by atoms with Gasteiger partial charge in [-0.1, -0.05) is 26.2 Å². The Labute approximate surface area is 104 Å². The maximum atomic E-state index is 11.5. The Bertz CT molecular complexity index is 252. The zero-order chi connectivity index (χ0) is 12.1. The summed E-state index contributed by atoms with van der Waals surface area (Å²) in [5, 5.41) is 0. The molecule has 98 valence electrons. The quantitative estimate of drug-likeness (QED) is 0.390. The first-order chi connectivity index (χ1) is 8.29. The normalized spacial score (nSPS) is 30.8. The molecule has 0 bridgehead atoms. The third kappa shape index (κ3) is 4.30. The average molecular weight is 240 g/mol. The van der Waals surface area contributed by atoms with Gasteiger partial charge in [0.15, 0.2) is 0 Å². The van der Waals surface area contributed by atoms with Gasteiger partial charge in [0.05, 0.1) is 18.8 Å². The van der Waals surface area contributed by atoms with Crippen LogP contribution >= 0.6 is 0 Å². The number of hydrogen-bond acceptors (Lipinski definition) is 3. The molecule has 17 heavy (non-hydrogen) atoms. The lowest BCUT2D eigenvalue weighted by molar-refractivity contribution is -0.145. The molecule has 0 aromatic rings. The van der Waals surface area contributed by atoms with Crippen molar-refractivity contribution in [3.05, 3.63) is 0 Å². The molecule has 0 radical (unpaired) electrons. The maximum Gasteiger partial charge on any atom is 0.305 e. The van der Waals surface area contributed by atoms with Gasteiger partial charge < -0.3 is 9.47 Å². The molecule has 1 aliphatic heterocycles. The summed E-state index contributed by atoms with van der Waals surface area (Å²) >= 11 is 0. The van der Waals surface area contributed by atoms with Gasteiger partial charge in [0.1, 0.15) is 0 Å². The van der Waals surface area contributed by atoms with E-state index in [1.54, 1.807) is 0 Å². The lowest BCUT2D eigenvalue weighted by Crippen LogP contribution is -2.20. The summed E-state index contributed by atoms with van der Waals surface area (Å²) in [6.45, 7) is 2.79. The van der Waals surface area contributed by atoms with Crippen LogP contribution in [0.2, 0.25) is 0 Å². The number of carbonyl (C=O) groups is 1. The van der Waals surface area contributed by atoms with E-state index in [1.165, 1.54) is 12.8 Å². The van der Waals surface area contributed by atoms with Gasteiger partial charge in [0.25, 0.3) is 0 Å². The van der Waals surface area contributed by atoms with Gasteiger partial charge in [-0.15, -0.1) is 0 Å². The first-order valence-corrected chi connectivity index (χ1v) is 7.10. The van der Waals surface area contributed by atoms with Gasteiger partial charge in [-0.25, -0.2) is 0 Å². The van der Waals surface area contributed by atoms with E-state index in [9.17, 15) is 4.79 Å². The van der Waals surface area contributed by atoms with Gasteiger partial charge in [-0.05, 0) is 31.6 Å². The maximum absolute atomic E-state index is 11.5. The van der Waals surface area contributed by atoms with Crippen LogP contribution in [0.25, 0.3) is 0 Å². The van der Waals surface area contributed by atoms with Crippen molar-refractivity contribution in [2.45, 2.75) is 70.5 Å². The summed E-state index contributed by atoms with van der Waals surface area (Å²) in [4.78, 5) is 11.5. The zero-order valence-electron chi connectivity index (χ0n) is 10.8. The van der Waals surface area contributed by atoms with E-state index < -0.39 is 0 Å². The van der Waals surface area contributed by atoms with Crippen LogP contribution in [0, 0.1) is 5.92 Å². The number of unbranched alkanes of at least 4 members (excludes halogenated alkanes) is 3. The lowest BCUT2D eigenvalue weighted by Gasteiger charge is -2.18. The Morgan fingerprint density at radius 1 is 1.24 bits per heavy atom. The van der Waals surface area contributed by atoms with E-state index in [0.717, 1.165) is 32.1 Å². The Morgan fingerprint density at radius 2 is 2.12 bits per heavy atom. The summed E-state index contributed by atoms with van der Waals surface area (Å²) < 4.78 is 10.8. The fourth-order valence-electron chi connectivity index (χ4n) is 2.62. The zero-order valence-corrected chi connectivity index (χ0v) is 10.8. The fraction of sp³-hybridized carbons (Fsp3) is 0.929. The first kappa shape index (κ1) is 12.9. The SMILES string of the molecule is CCCCCCC(=O)OCC1CCC2OC2C1. The van der Waals surface area contributed by atoms with Crippen molar-refractivity contribution in [2.24, 2.45) is 5.92 Å². The summed E-state index contributed by atoms with van der Waals surface area (Å²) in [7, 11) is 0. The molecule has 1 heterocycles. The summed E-state index contributed by atoms with van der Waals surface area (Å²) in [6.07, 6.45) is 9.57. The molecule has 0 amide bonds. The van der Waals surface area contributed by atoms with Crippen LogP contribution in [0.1, 0.15) is 58.3 Å². The molecule has 3 nitrogen and oxygen atoms in total. The predicted octanol–water partition coefficient (Wildman–Crippen LogP) is 3.07. The third-order valence-electron chi connectivity index (χ3n) is 3.83. The molecule has 0 spiro atoms. The van der Waals surface area contributed by atoms with Crippen LogP contribution in [0.3, 0.4) is 0 Å². The predicted molar refractivity (Wildman–Crippen MR) is 65.7 cm³/mol. The number of esters is 1. The summed E-state index contributed by atoms with van der Waals surface area (Å²) in [6, 6.07) is 0. The van der Waals surface area contributed by atoms with E-state index >= 15 is 0 Å². The number of rotatable bonds is 7. The van der Waals surface area contributed by atoms with Crippen molar-refractivity contribution in [1.82, 2.24) is 0 Å². The lowest BCUT2D eigenvalue weighted by atomic mass is 9.90. The van der Waals surface area contributed by atoms with Crippen molar-refractivity contribution in [1.29, 1.82) is 0 Å².